The second-order valence-corrected chi connectivity index (χ2v) is 4.24. The summed E-state index contributed by atoms with van der Waals surface area (Å²) in [7, 11) is 0. The van der Waals surface area contributed by atoms with E-state index in [9.17, 15) is 0 Å². The predicted molar refractivity (Wildman–Crippen MR) is 67.8 cm³/mol. The number of aryl methyl sites for hydroxylation is 1. The Bertz CT molecular complexity index is 451. The molecule has 0 bridgehead atoms. The number of hydrogen-bond acceptors (Lipinski definition) is 3. The Hall–Kier alpha value is -1.61. The van der Waals surface area contributed by atoms with Crippen LogP contribution in [0.15, 0.2) is 41.5 Å². The zero-order valence-electron chi connectivity index (χ0n) is 10.3. The summed E-state index contributed by atoms with van der Waals surface area (Å²) in [5.41, 5.74) is 3.63. The van der Waals surface area contributed by atoms with Gasteiger partial charge in [0, 0.05) is 18.4 Å². The minimum Gasteiger partial charge on any atom is -0.472 e. The van der Waals surface area contributed by atoms with Gasteiger partial charge in [-0.1, -0.05) is 13.0 Å². The van der Waals surface area contributed by atoms with Gasteiger partial charge in [-0.05, 0) is 42.6 Å². The lowest BCUT2D eigenvalue weighted by Crippen LogP contribution is -2.23. The van der Waals surface area contributed by atoms with Gasteiger partial charge in [-0.25, -0.2) is 0 Å². The average Bonchev–Trinajstić information content (AvgIpc) is 2.81. The van der Waals surface area contributed by atoms with Gasteiger partial charge in [-0.15, -0.1) is 0 Å². The minimum absolute atomic E-state index is 0.296. The van der Waals surface area contributed by atoms with E-state index in [1.54, 1.807) is 12.5 Å². The Morgan fingerprint density at radius 1 is 1.41 bits per heavy atom. The van der Waals surface area contributed by atoms with Crippen molar-refractivity contribution in [1.82, 2.24) is 10.3 Å². The van der Waals surface area contributed by atoms with Crippen molar-refractivity contribution in [3.63, 3.8) is 0 Å². The molecule has 2 aromatic heterocycles. The number of rotatable bonds is 5. The van der Waals surface area contributed by atoms with E-state index in [1.165, 1.54) is 16.7 Å². The van der Waals surface area contributed by atoms with Crippen molar-refractivity contribution < 1.29 is 4.42 Å². The zero-order valence-corrected chi connectivity index (χ0v) is 10.3. The van der Waals surface area contributed by atoms with Crippen molar-refractivity contribution in [3.05, 3.63) is 53.7 Å². The first-order chi connectivity index (χ1) is 8.29. The van der Waals surface area contributed by atoms with Crippen LogP contribution in [0, 0.1) is 6.92 Å². The van der Waals surface area contributed by atoms with Crippen LogP contribution in [0.1, 0.15) is 29.7 Å². The van der Waals surface area contributed by atoms with Gasteiger partial charge in [-0.2, -0.15) is 0 Å². The van der Waals surface area contributed by atoms with Gasteiger partial charge < -0.3 is 9.73 Å². The Morgan fingerprint density at radius 2 is 2.29 bits per heavy atom. The van der Waals surface area contributed by atoms with E-state index in [-0.39, 0.29) is 0 Å². The van der Waals surface area contributed by atoms with Crippen LogP contribution in [-0.4, -0.2) is 11.5 Å². The topological polar surface area (TPSA) is 38.1 Å². The SMILES string of the molecule is CCNC(Cc1ccoc1)c1cncc(C)c1. The number of pyridine rings is 1. The molecule has 0 radical (unpaired) electrons. The monoisotopic (exact) mass is 230 g/mol. The molecule has 0 aromatic carbocycles. The Labute approximate surface area is 102 Å². The van der Waals surface area contributed by atoms with Crippen LogP contribution in [0.5, 0.6) is 0 Å². The van der Waals surface area contributed by atoms with Gasteiger partial charge in [0.2, 0.25) is 0 Å². The average molecular weight is 230 g/mol. The molecule has 1 N–H and O–H groups in total. The summed E-state index contributed by atoms with van der Waals surface area (Å²) in [5.74, 6) is 0. The summed E-state index contributed by atoms with van der Waals surface area (Å²) in [6.45, 7) is 5.12. The molecular weight excluding hydrogens is 212 g/mol. The lowest BCUT2D eigenvalue weighted by molar-refractivity contribution is 0.533. The number of furan rings is 1. The maximum atomic E-state index is 5.11. The van der Waals surface area contributed by atoms with Crippen molar-refractivity contribution in [1.29, 1.82) is 0 Å². The first kappa shape index (κ1) is 11.9. The van der Waals surface area contributed by atoms with Crippen LogP contribution in [0.3, 0.4) is 0 Å². The number of likely N-dealkylation sites (N-methyl/N-ethyl adjacent to an activating group) is 1. The molecule has 0 amide bonds. The maximum absolute atomic E-state index is 5.11. The largest absolute Gasteiger partial charge is 0.472 e. The quantitative estimate of drug-likeness (QED) is 0.858. The Morgan fingerprint density at radius 3 is 2.94 bits per heavy atom. The third-order valence-electron chi connectivity index (χ3n) is 2.77. The summed E-state index contributed by atoms with van der Waals surface area (Å²) < 4.78 is 5.11. The Kier molecular flexibility index (Phi) is 3.94. The highest BCUT2D eigenvalue weighted by Crippen LogP contribution is 2.18. The van der Waals surface area contributed by atoms with Gasteiger partial charge >= 0.3 is 0 Å². The van der Waals surface area contributed by atoms with E-state index < -0.39 is 0 Å². The van der Waals surface area contributed by atoms with Gasteiger partial charge in [0.15, 0.2) is 0 Å². The van der Waals surface area contributed by atoms with E-state index in [0.29, 0.717) is 6.04 Å². The first-order valence-corrected chi connectivity index (χ1v) is 5.95. The third kappa shape index (κ3) is 3.17. The van der Waals surface area contributed by atoms with Gasteiger partial charge in [-0.3, -0.25) is 4.98 Å². The van der Waals surface area contributed by atoms with Crippen LogP contribution >= 0.6 is 0 Å². The van der Waals surface area contributed by atoms with Gasteiger partial charge in [0.05, 0.1) is 12.5 Å². The molecular formula is C14H18N2O. The molecule has 1 unspecified atom stereocenters. The molecule has 2 aromatic rings. The fourth-order valence-corrected chi connectivity index (χ4v) is 1.97. The van der Waals surface area contributed by atoms with E-state index >= 15 is 0 Å². The smallest absolute Gasteiger partial charge is 0.0935 e. The molecule has 0 aliphatic heterocycles. The molecule has 0 spiro atoms. The molecule has 0 saturated carbocycles. The van der Waals surface area contributed by atoms with Crippen molar-refractivity contribution in [3.8, 4) is 0 Å². The molecule has 90 valence electrons. The van der Waals surface area contributed by atoms with E-state index in [2.05, 4.69) is 30.2 Å². The normalized spacial score (nSPS) is 12.6. The van der Waals surface area contributed by atoms with E-state index in [4.69, 9.17) is 4.42 Å². The van der Waals surface area contributed by atoms with Crippen molar-refractivity contribution >= 4 is 0 Å². The summed E-state index contributed by atoms with van der Waals surface area (Å²) in [5, 5.41) is 3.48. The molecule has 17 heavy (non-hydrogen) atoms. The highest BCUT2D eigenvalue weighted by molar-refractivity contribution is 5.22. The van der Waals surface area contributed by atoms with Crippen LogP contribution in [-0.2, 0) is 6.42 Å². The summed E-state index contributed by atoms with van der Waals surface area (Å²) in [6, 6.07) is 4.48. The fraction of sp³-hybridized carbons (Fsp3) is 0.357. The molecule has 2 rings (SSSR count). The number of nitrogens with zero attached hydrogens (tertiary/aromatic N) is 1. The molecule has 0 saturated heterocycles. The summed E-state index contributed by atoms with van der Waals surface area (Å²) in [6.07, 6.45) is 8.25. The fourth-order valence-electron chi connectivity index (χ4n) is 1.97. The van der Waals surface area contributed by atoms with Crippen molar-refractivity contribution in [2.45, 2.75) is 26.3 Å². The summed E-state index contributed by atoms with van der Waals surface area (Å²) >= 11 is 0. The number of nitrogens with one attached hydrogen (secondary N) is 1. The number of aromatic nitrogens is 1. The predicted octanol–water partition coefficient (Wildman–Crippen LogP) is 2.88. The molecule has 1 atom stereocenters. The van der Waals surface area contributed by atoms with Gasteiger partial charge in [0.25, 0.3) is 0 Å². The van der Waals surface area contributed by atoms with Crippen LogP contribution < -0.4 is 5.32 Å². The van der Waals surface area contributed by atoms with Crippen molar-refractivity contribution in [2.75, 3.05) is 6.54 Å². The molecule has 0 aliphatic carbocycles. The van der Waals surface area contributed by atoms with Crippen molar-refractivity contribution in [2.24, 2.45) is 0 Å². The molecule has 3 nitrogen and oxygen atoms in total. The van der Waals surface area contributed by atoms with Crippen LogP contribution in [0.25, 0.3) is 0 Å². The van der Waals surface area contributed by atoms with Crippen LogP contribution in [0.2, 0.25) is 0 Å². The van der Waals surface area contributed by atoms with E-state index in [0.717, 1.165) is 13.0 Å². The maximum Gasteiger partial charge on any atom is 0.0935 e. The standard InChI is InChI=1S/C14H18N2O/c1-3-16-14(7-12-4-5-17-10-12)13-6-11(2)8-15-9-13/h4-6,8-10,14,16H,3,7H2,1-2H3. The second kappa shape index (κ2) is 5.64. The molecule has 0 aliphatic rings. The Balaban J connectivity index is 2.16. The second-order valence-electron chi connectivity index (χ2n) is 4.24. The van der Waals surface area contributed by atoms with Gasteiger partial charge in [0.1, 0.15) is 0 Å². The summed E-state index contributed by atoms with van der Waals surface area (Å²) in [4.78, 5) is 4.25. The van der Waals surface area contributed by atoms with Crippen LogP contribution in [0.4, 0.5) is 0 Å². The number of hydrogen-bond donors (Lipinski definition) is 1. The highest BCUT2D eigenvalue weighted by Gasteiger charge is 2.12. The third-order valence-corrected chi connectivity index (χ3v) is 2.77. The molecule has 3 heteroatoms. The lowest BCUT2D eigenvalue weighted by atomic mass is 10.0. The zero-order chi connectivity index (χ0) is 12.1. The molecule has 0 fully saturated rings. The minimum atomic E-state index is 0.296. The molecule has 2 heterocycles. The van der Waals surface area contributed by atoms with E-state index in [1.807, 2.05) is 18.5 Å². The highest BCUT2D eigenvalue weighted by atomic mass is 16.3. The lowest BCUT2D eigenvalue weighted by Gasteiger charge is -2.17. The first-order valence-electron chi connectivity index (χ1n) is 5.95.